The molecule has 0 saturated heterocycles. The van der Waals surface area contributed by atoms with Crippen LogP contribution in [0.2, 0.25) is 0 Å². The standard InChI is InChI=1S/C18H27N3/c1-4-5-6-16-7-9-17(10-8-16)15(2)19-13-11-18-12-14-20-21(18)3/h7-10,12,14-15,19H,4-6,11,13H2,1-3H3. The van der Waals surface area contributed by atoms with E-state index in [0.29, 0.717) is 6.04 Å². The van der Waals surface area contributed by atoms with Crippen LogP contribution in [0.5, 0.6) is 0 Å². The topological polar surface area (TPSA) is 29.9 Å². The number of benzene rings is 1. The van der Waals surface area contributed by atoms with Gasteiger partial charge in [-0.1, -0.05) is 37.6 Å². The van der Waals surface area contributed by atoms with Crippen LogP contribution in [0.1, 0.15) is 49.6 Å². The Hall–Kier alpha value is -1.61. The summed E-state index contributed by atoms with van der Waals surface area (Å²) in [7, 11) is 1.99. The minimum atomic E-state index is 0.387. The normalized spacial score (nSPS) is 12.5. The van der Waals surface area contributed by atoms with E-state index in [4.69, 9.17) is 0 Å². The molecule has 2 aromatic rings. The molecule has 0 aliphatic heterocycles. The number of nitrogens with one attached hydrogen (secondary N) is 1. The highest BCUT2D eigenvalue weighted by Crippen LogP contribution is 2.14. The van der Waals surface area contributed by atoms with Crippen LogP contribution >= 0.6 is 0 Å². The van der Waals surface area contributed by atoms with Gasteiger partial charge in [-0.3, -0.25) is 4.68 Å². The second-order valence-electron chi connectivity index (χ2n) is 5.72. The fourth-order valence-electron chi connectivity index (χ4n) is 2.54. The van der Waals surface area contributed by atoms with Gasteiger partial charge in [-0.2, -0.15) is 5.10 Å². The highest BCUT2D eigenvalue weighted by atomic mass is 15.3. The molecule has 1 unspecified atom stereocenters. The van der Waals surface area contributed by atoms with Gasteiger partial charge in [0.05, 0.1) is 0 Å². The van der Waals surface area contributed by atoms with Crippen molar-refractivity contribution >= 4 is 0 Å². The molecular weight excluding hydrogens is 258 g/mol. The summed E-state index contributed by atoms with van der Waals surface area (Å²) in [4.78, 5) is 0. The van der Waals surface area contributed by atoms with E-state index in [-0.39, 0.29) is 0 Å². The van der Waals surface area contributed by atoms with Crippen LogP contribution < -0.4 is 5.32 Å². The summed E-state index contributed by atoms with van der Waals surface area (Å²) in [6.45, 7) is 5.44. The molecule has 0 bridgehead atoms. The molecule has 1 aromatic heterocycles. The number of hydrogen-bond donors (Lipinski definition) is 1. The smallest absolute Gasteiger partial charge is 0.0492 e. The van der Waals surface area contributed by atoms with Crippen molar-refractivity contribution < 1.29 is 0 Å². The van der Waals surface area contributed by atoms with Gasteiger partial charge in [-0.25, -0.2) is 0 Å². The van der Waals surface area contributed by atoms with Crippen molar-refractivity contribution in [1.82, 2.24) is 15.1 Å². The Morgan fingerprint density at radius 1 is 1.14 bits per heavy atom. The molecule has 0 aliphatic rings. The molecular formula is C18H27N3. The van der Waals surface area contributed by atoms with E-state index < -0.39 is 0 Å². The number of aryl methyl sites for hydroxylation is 2. The van der Waals surface area contributed by atoms with Crippen molar-refractivity contribution in [2.75, 3.05) is 6.54 Å². The lowest BCUT2D eigenvalue weighted by Gasteiger charge is -2.15. The maximum atomic E-state index is 4.20. The number of aromatic nitrogens is 2. The van der Waals surface area contributed by atoms with Gasteiger partial charge in [0.25, 0.3) is 0 Å². The minimum absolute atomic E-state index is 0.387. The van der Waals surface area contributed by atoms with Gasteiger partial charge in [0.2, 0.25) is 0 Å². The van der Waals surface area contributed by atoms with E-state index in [1.807, 2.05) is 17.9 Å². The molecule has 0 aliphatic carbocycles. The Kier molecular flexibility index (Phi) is 6.00. The third-order valence-electron chi connectivity index (χ3n) is 4.05. The van der Waals surface area contributed by atoms with Gasteiger partial charge in [0.1, 0.15) is 0 Å². The molecule has 0 radical (unpaired) electrons. The SMILES string of the molecule is CCCCc1ccc(C(C)NCCc2ccnn2C)cc1. The van der Waals surface area contributed by atoms with E-state index in [1.165, 1.54) is 36.1 Å². The van der Waals surface area contributed by atoms with Crippen LogP contribution in [0.4, 0.5) is 0 Å². The molecule has 3 heteroatoms. The van der Waals surface area contributed by atoms with Crippen molar-refractivity contribution in [3.05, 3.63) is 53.3 Å². The fourth-order valence-corrected chi connectivity index (χ4v) is 2.54. The number of nitrogens with zero attached hydrogens (tertiary/aromatic N) is 2. The lowest BCUT2D eigenvalue weighted by molar-refractivity contribution is 0.564. The zero-order chi connectivity index (χ0) is 15.1. The van der Waals surface area contributed by atoms with E-state index >= 15 is 0 Å². The monoisotopic (exact) mass is 285 g/mol. The Labute approximate surface area is 128 Å². The van der Waals surface area contributed by atoms with Gasteiger partial charge < -0.3 is 5.32 Å². The van der Waals surface area contributed by atoms with Crippen molar-refractivity contribution in [2.45, 2.75) is 45.6 Å². The first kappa shape index (κ1) is 15.8. The molecule has 0 fully saturated rings. The maximum Gasteiger partial charge on any atom is 0.0492 e. The number of unbranched alkanes of at least 4 members (excludes halogenated alkanes) is 1. The average Bonchev–Trinajstić information content (AvgIpc) is 2.91. The largest absolute Gasteiger partial charge is 0.310 e. The highest BCUT2D eigenvalue weighted by molar-refractivity contribution is 5.24. The van der Waals surface area contributed by atoms with Crippen molar-refractivity contribution in [2.24, 2.45) is 7.05 Å². The second-order valence-corrected chi connectivity index (χ2v) is 5.72. The summed E-state index contributed by atoms with van der Waals surface area (Å²) >= 11 is 0. The molecule has 1 aromatic carbocycles. The molecule has 114 valence electrons. The summed E-state index contributed by atoms with van der Waals surface area (Å²) in [5, 5.41) is 7.78. The third-order valence-corrected chi connectivity index (χ3v) is 4.05. The van der Waals surface area contributed by atoms with Crippen molar-refractivity contribution in [3.8, 4) is 0 Å². The molecule has 1 heterocycles. The van der Waals surface area contributed by atoms with Gasteiger partial charge in [0, 0.05) is 37.9 Å². The molecule has 0 spiro atoms. The van der Waals surface area contributed by atoms with E-state index in [1.54, 1.807) is 0 Å². The molecule has 21 heavy (non-hydrogen) atoms. The summed E-state index contributed by atoms with van der Waals surface area (Å²) < 4.78 is 1.94. The molecule has 0 amide bonds. The van der Waals surface area contributed by atoms with Crippen LogP contribution in [0.15, 0.2) is 36.5 Å². The summed E-state index contributed by atoms with van der Waals surface area (Å²) in [5.74, 6) is 0. The highest BCUT2D eigenvalue weighted by Gasteiger charge is 2.05. The van der Waals surface area contributed by atoms with Crippen LogP contribution in [0.3, 0.4) is 0 Å². The Morgan fingerprint density at radius 3 is 2.52 bits per heavy atom. The zero-order valence-electron chi connectivity index (χ0n) is 13.5. The molecule has 0 saturated carbocycles. The third kappa shape index (κ3) is 4.71. The van der Waals surface area contributed by atoms with E-state index in [2.05, 4.69) is 54.6 Å². The number of hydrogen-bond acceptors (Lipinski definition) is 2. The minimum Gasteiger partial charge on any atom is -0.310 e. The molecule has 1 atom stereocenters. The number of rotatable bonds is 8. The summed E-state index contributed by atoms with van der Waals surface area (Å²) in [5.41, 5.74) is 4.08. The van der Waals surface area contributed by atoms with Gasteiger partial charge in [-0.15, -0.1) is 0 Å². The van der Waals surface area contributed by atoms with E-state index in [0.717, 1.165) is 13.0 Å². The second kappa shape index (κ2) is 7.99. The van der Waals surface area contributed by atoms with Gasteiger partial charge in [-0.05, 0) is 37.0 Å². The quantitative estimate of drug-likeness (QED) is 0.802. The fraction of sp³-hybridized carbons (Fsp3) is 0.500. The van der Waals surface area contributed by atoms with Crippen molar-refractivity contribution in [1.29, 1.82) is 0 Å². The Balaban J connectivity index is 1.80. The molecule has 2 rings (SSSR count). The lowest BCUT2D eigenvalue weighted by atomic mass is 10.0. The van der Waals surface area contributed by atoms with Crippen molar-refractivity contribution in [3.63, 3.8) is 0 Å². The molecule has 3 nitrogen and oxygen atoms in total. The van der Waals surface area contributed by atoms with Gasteiger partial charge >= 0.3 is 0 Å². The predicted molar refractivity (Wildman–Crippen MR) is 88.4 cm³/mol. The summed E-state index contributed by atoms with van der Waals surface area (Å²) in [6, 6.07) is 11.5. The molecule has 1 N–H and O–H groups in total. The van der Waals surface area contributed by atoms with E-state index in [9.17, 15) is 0 Å². The first-order chi connectivity index (χ1) is 10.2. The first-order valence-corrected chi connectivity index (χ1v) is 7.99. The zero-order valence-corrected chi connectivity index (χ0v) is 13.5. The maximum absolute atomic E-state index is 4.20. The van der Waals surface area contributed by atoms with Crippen LogP contribution in [0.25, 0.3) is 0 Å². The lowest BCUT2D eigenvalue weighted by Crippen LogP contribution is -2.22. The van der Waals surface area contributed by atoms with Crippen LogP contribution in [0, 0.1) is 0 Å². The Bertz CT molecular complexity index is 528. The first-order valence-electron chi connectivity index (χ1n) is 7.99. The average molecular weight is 285 g/mol. The van der Waals surface area contributed by atoms with Crippen LogP contribution in [-0.4, -0.2) is 16.3 Å². The summed E-state index contributed by atoms with van der Waals surface area (Å²) in [6.07, 6.45) is 6.59. The van der Waals surface area contributed by atoms with Crippen LogP contribution in [-0.2, 0) is 19.9 Å². The predicted octanol–water partition coefficient (Wildman–Crippen LogP) is 3.66. The van der Waals surface area contributed by atoms with Gasteiger partial charge in [0.15, 0.2) is 0 Å². The Morgan fingerprint density at radius 2 is 1.90 bits per heavy atom.